The van der Waals surface area contributed by atoms with Crippen molar-refractivity contribution in [3.05, 3.63) is 35.4 Å². The van der Waals surface area contributed by atoms with Crippen LogP contribution in [0.1, 0.15) is 22.8 Å². The number of benzene rings is 1. The Morgan fingerprint density at radius 2 is 2.31 bits per heavy atom. The number of ketones is 1. The molecule has 0 aliphatic rings. The molecule has 1 rings (SSSR count). The summed E-state index contributed by atoms with van der Waals surface area (Å²) in [5.74, 6) is 5.28. The number of aliphatic hydroxyl groups excluding tert-OH is 1. The van der Waals surface area contributed by atoms with E-state index >= 15 is 0 Å². The predicted octanol–water partition coefficient (Wildman–Crippen LogP) is 1.23. The van der Waals surface area contributed by atoms with Gasteiger partial charge in [0.2, 0.25) is 0 Å². The van der Waals surface area contributed by atoms with E-state index in [0.717, 1.165) is 5.56 Å². The van der Waals surface area contributed by atoms with Gasteiger partial charge in [0.15, 0.2) is 5.78 Å². The number of hydrogen-bond donors (Lipinski definition) is 1. The molecule has 2 heteroatoms. The molecule has 0 unspecified atom stereocenters. The van der Waals surface area contributed by atoms with Crippen LogP contribution >= 0.6 is 0 Å². The van der Waals surface area contributed by atoms with Gasteiger partial charge < -0.3 is 5.11 Å². The van der Waals surface area contributed by atoms with Crippen LogP contribution in [0.3, 0.4) is 0 Å². The summed E-state index contributed by atoms with van der Waals surface area (Å²) < 4.78 is 0. The van der Waals surface area contributed by atoms with E-state index in [2.05, 4.69) is 11.8 Å². The van der Waals surface area contributed by atoms with Gasteiger partial charge in [0, 0.05) is 11.1 Å². The number of carbonyl (C=O) groups is 1. The average Bonchev–Trinajstić information content (AvgIpc) is 2.15. The highest BCUT2D eigenvalue weighted by atomic mass is 16.2. The highest BCUT2D eigenvalue weighted by Gasteiger charge is 1.97. The number of rotatable bonds is 1. The molecule has 0 bridgehead atoms. The molecule has 0 heterocycles. The fourth-order valence-electron chi connectivity index (χ4n) is 0.958. The molecular weight excluding hydrogens is 164 g/mol. The largest absolute Gasteiger partial charge is 0.384 e. The number of carbonyl (C=O) groups excluding carboxylic acids is 1. The SMILES string of the molecule is CC(=O)c1cccc(C#CCO)c1. The molecule has 0 aliphatic heterocycles. The van der Waals surface area contributed by atoms with Crippen LogP contribution in [-0.4, -0.2) is 17.5 Å². The molecule has 0 aliphatic carbocycles. The maximum atomic E-state index is 11.0. The lowest BCUT2D eigenvalue weighted by Gasteiger charge is -1.94. The molecule has 66 valence electrons. The van der Waals surface area contributed by atoms with Crippen LogP contribution in [0.5, 0.6) is 0 Å². The summed E-state index contributed by atoms with van der Waals surface area (Å²) in [4.78, 5) is 11.0. The Hall–Kier alpha value is -1.59. The minimum atomic E-state index is -0.162. The second-order valence-corrected chi connectivity index (χ2v) is 2.60. The average molecular weight is 174 g/mol. The number of aliphatic hydroxyl groups is 1. The highest BCUT2D eigenvalue weighted by molar-refractivity contribution is 5.94. The van der Waals surface area contributed by atoms with Crippen molar-refractivity contribution < 1.29 is 9.90 Å². The third-order valence-corrected chi connectivity index (χ3v) is 1.58. The van der Waals surface area contributed by atoms with E-state index < -0.39 is 0 Å². The van der Waals surface area contributed by atoms with Gasteiger partial charge in [-0.05, 0) is 19.1 Å². The van der Waals surface area contributed by atoms with Gasteiger partial charge in [0.05, 0.1) is 0 Å². The van der Waals surface area contributed by atoms with Gasteiger partial charge in [-0.3, -0.25) is 4.79 Å². The molecule has 1 aromatic carbocycles. The summed E-state index contributed by atoms with van der Waals surface area (Å²) in [6, 6.07) is 7.03. The van der Waals surface area contributed by atoms with Crippen molar-refractivity contribution in [2.75, 3.05) is 6.61 Å². The standard InChI is InChI=1S/C11H10O2/c1-9(13)11-6-2-4-10(8-11)5-3-7-12/h2,4,6,8,12H,7H2,1H3. The zero-order valence-corrected chi connectivity index (χ0v) is 7.37. The zero-order chi connectivity index (χ0) is 9.68. The van der Waals surface area contributed by atoms with Crippen molar-refractivity contribution in [1.29, 1.82) is 0 Å². The van der Waals surface area contributed by atoms with E-state index in [9.17, 15) is 4.79 Å². The molecule has 0 fully saturated rings. The van der Waals surface area contributed by atoms with Gasteiger partial charge in [-0.15, -0.1) is 0 Å². The Labute approximate surface area is 77.2 Å². The minimum Gasteiger partial charge on any atom is -0.384 e. The van der Waals surface area contributed by atoms with E-state index in [1.807, 2.05) is 0 Å². The van der Waals surface area contributed by atoms with Crippen LogP contribution in [0.25, 0.3) is 0 Å². The third kappa shape index (κ3) is 2.73. The Balaban J connectivity index is 2.98. The van der Waals surface area contributed by atoms with Crippen molar-refractivity contribution >= 4 is 5.78 Å². The van der Waals surface area contributed by atoms with Gasteiger partial charge >= 0.3 is 0 Å². The number of Topliss-reactive ketones (excluding diaryl/α,β-unsaturated/α-hetero) is 1. The first-order chi connectivity index (χ1) is 6.24. The highest BCUT2D eigenvalue weighted by Crippen LogP contribution is 2.04. The molecule has 0 saturated heterocycles. The Morgan fingerprint density at radius 1 is 1.54 bits per heavy atom. The maximum absolute atomic E-state index is 11.0. The lowest BCUT2D eigenvalue weighted by molar-refractivity contribution is 0.101. The first-order valence-corrected chi connectivity index (χ1v) is 3.95. The van der Waals surface area contributed by atoms with E-state index in [0.29, 0.717) is 5.56 Å². The topological polar surface area (TPSA) is 37.3 Å². The molecule has 0 radical (unpaired) electrons. The fraction of sp³-hybridized carbons (Fsp3) is 0.182. The molecule has 0 saturated carbocycles. The molecule has 2 nitrogen and oxygen atoms in total. The van der Waals surface area contributed by atoms with Crippen molar-refractivity contribution in [3.63, 3.8) is 0 Å². The lowest BCUT2D eigenvalue weighted by Crippen LogP contribution is -1.91. The first-order valence-electron chi connectivity index (χ1n) is 3.95. The Morgan fingerprint density at radius 3 is 2.92 bits per heavy atom. The first kappa shape index (κ1) is 9.50. The van der Waals surface area contributed by atoms with Crippen LogP contribution in [-0.2, 0) is 0 Å². The molecule has 1 aromatic rings. The van der Waals surface area contributed by atoms with E-state index in [4.69, 9.17) is 5.11 Å². The van der Waals surface area contributed by atoms with Gasteiger partial charge in [0.25, 0.3) is 0 Å². The maximum Gasteiger partial charge on any atom is 0.159 e. The van der Waals surface area contributed by atoms with Crippen molar-refractivity contribution in [2.24, 2.45) is 0 Å². The van der Waals surface area contributed by atoms with Crippen LogP contribution in [0, 0.1) is 11.8 Å². The van der Waals surface area contributed by atoms with Crippen LogP contribution in [0.4, 0.5) is 0 Å². The van der Waals surface area contributed by atoms with Gasteiger partial charge in [-0.25, -0.2) is 0 Å². The van der Waals surface area contributed by atoms with Gasteiger partial charge in [0.1, 0.15) is 6.61 Å². The van der Waals surface area contributed by atoms with E-state index in [1.165, 1.54) is 6.92 Å². The molecular formula is C11H10O2. The predicted molar refractivity (Wildman–Crippen MR) is 50.4 cm³/mol. The summed E-state index contributed by atoms with van der Waals surface area (Å²) in [5, 5.41) is 8.47. The zero-order valence-electron chi connectivity index (χ0n) is 7.37. The summed E-state index contributed by atoms with van der Waals surface area (Å²) >= 11 is 0. The molecule has 0 spiro atoms. The van der Waals surface area contributed by atoms with Crippen LogP contribution in [0.2, 0.25) is 0 Å². The third-order valence-electron chi connectivity index (χ3n) is 1.58. The molecule has 0 aromatic heterocycles. The second-order valence-electron chi connectivity index (χ2n) is 2.60. The number of hydrogen-bond acceptors (Lipinski definition) is 2. The quantitative estimate of drug-likeness (QED) is 0.513. The van der Waals surface area contributed by atoms with E-state index in [-0.39, 0.29) is 12.4 Å². The lowest BCUT2D eigenvalue weighted by atomic mass is 10.1. The van der Waals surface area contributed by atoms with Crippen molar-refractivity contribution in [3.8, 4) is 11.8 Å². The Bertz CT molecular complexity index is 369. The van der Waals surface area contributed by atoms with Crippen molar-refractivity contribution in [2.45, 2.75) is 6.92 Å². The second kappa shape index (κ2) is 4.44. The molecule has 0 atom stereocenters. The Kier molecular flexibility index (Phi) is 3.24. The smallest absolute Gasteiger partial charge is 0.159 e. The van der Waals surface area contributed by atoms with Crippen LogP contribution < -0.4 is 0 Å². The summed E-state index contributed by atoms with van der Waals surface area (Å²) in [7, 11) is 0. The summed E-state index contributed by atoms with van der Waals surface area (Å²) in [6.07, 6.45) is 0. The monoisotopic (exact) mass is 174 g/mol. The molecule has 0 amide bonds. The molecule has 13 heavy (non-hydrogen) atoms. The normalized spacial score (nSPS) is 8.77. The fourth-order valence-corrected chi connectivity index (χ4v) is 0.958. The van der Waals surface area contributed by atoms with Gasteiger partial charge in [-0.2, -0.15) is 0 Å². The van der Waals surface area contributed by atoms with E-state index in [1.54, 1.807) is 24.3 Å². The van der Waals surface area contributed by atoms with Crippen molar-refractivity contribution in [1.82, 2.24) is 0 Å². The molecule has 1 N–H and O–H groups in total. The van der Waals surface area contributed by atoms with Gasteiger partial charge in [-0.1, -0.05) is 24.0 Å². The summed E-state index contributed by atoms with van der Waals surface area (Å²) in [6.45, 7) is 1.35. The summed E-state index contributed by atoms with van der Waals surface area (Å²) in [5.41, 5.74) is 1.39. The van der Waals surface area contributed by atoms with Crippen LogP contribution in [0.15, 0.2) is 24.3 Å². The minimum absolute atomic E-state index is 0.0210.